The van der Waals surface area contributed by atoms with E-state index in [9.17, 15) is 4.79 Å². The molecular weight excluding hydrogens is 238 g/mol. The van der Waals surface area contributed by atoms with E-state index in [4.69, 9.17) is 16.3 Å². The molecule has 1 heterocycles. The molecule has 0 bridgehead atoms. The van der Waals surface area contributed by atoms with E-state index in [2.05, 4.69) is 4.98 Å². The normalized spacial score (nSPS) is 10.2. The lowest BCUT2D eigenvalue weighted by molar-refractivity contribution is 0.0527. The smallest absolute Gasteiger partial charge is 0.340 e. The third-order valence-electron chi connectivity index (χ3n) is 2.40. The minimum absolute atomic E-state index is 0.344. The number of nitrogens with one attached hydrogen (secondary N) is 1. The molecule has 0 aliphatic heterocycles. The second-order valence-electron chi connectivity index (χ2n) is 3.48. The molecule has 0 fully saturated rings. The van der Waals surface area contributed by atoms with Crippen molar-refractivity contribution >= 4 is 17.6 Å². The molecule has 1 N–H and O–H groups in total. The zero-order chi connectivity index (χ0) is 12.3. The highest BCUT2D eigenvalue weighted by Crippen LogP contribution is 2.30. The van der Waals surface area contributed by atoms with E-state index < -0.39 is 0 Å². The molecular formula is C13H12ClNO2. The molecule has 0 atom stereocenters. The number of halogens is 1. The summed E-state index contributed by atoms with van der Waals surface area (Å²) in [5, 5.41) is 0.609. The second-order valence-corrected chi connectivity index (χ2v) is 3.89. The molecule has 1 aromatic heterocycles. The topological polar surface area (TPSA) is 42.1 Å². The fourth-order valence-electron chi connectivity index (χ4n) is 1.64. The first-order valence-electron chi connectivity index (χ1n) is 5.33. The number of ether oxygens (including phenoxy) is 1. The molecule has 4 heteroatoms. The van der Waals surface area contributed by atoms with Crippen LogP contribution in [0, 0.1) is 0 Å². The van der Waals surface area contributed by atoms with Crippen molar-refractivity contribution in [3.63, 3.8) is 0 Å². The van der Waals surface area contributed by atoms with Crippen molar-refractivity contribution in [2.24, 2.45) is 0 Å². The number of aromatic amines is 1. The van der Waals surface area contributed by atoms with Crippen molar-refractivity contribution in [2.45, 2.75) is 6.92 Å². The lowest BCUT2D eigenvalue weighted by Crippen LogP contribution is -2.04. The van der Waals surface area contributed by atoms with Crippen molar-refractivity contribution < 1.29 is 9.53 Å². The number of aromatic nitrogens is 1. The first kappa shape index (κ1) is 11.7. The monoisotopic (exact) mass is 249 g/mol. The first-order valence-corrected chi connectivity index (χ1v) is 5.70. The average molecular weight is 250 g/mol. The number of carbonyl (C=O) groups is 1. The summed E-state index contributed by atoms with van der Waals surface area (Å²) < 4.78 is 4.99. The van der Waals surface area contributed by atoms with Crippen LogP contribution in [-0.4, -0.2) is 17.6 Å². The molecule has 3 nitrogen and oxygen atoms in total. The van der Waals surface area contributed by atoms with Gasteiger partial charge in [-0.25, -0.2) is 4.79 Å². The highest BCUT2D eigenvalue weighted by atomic mass is 35.5. The molecule has 1 aromatic carbocycles. The van der Waals surface area contributed by atoms with Gasteiger partial charge in [-0.2, -0.15) is 0 Å². The van der Waals surface area contributed by atoms with Gasteiger partial charge in [0.25, 0.3) is 0 Å². The summed E-state index contributed by atoms with van der Waals surface area (Å²) in [6, 6.07) is 7.39. The van der Waals surface area contributed by atoms with Gasteiger partial charge in [0, 0.05) is 28.5 Å². The Balaban J connectivity index is 2.44. The summed E-state index contributed by atoms with van der Waals surface area (Å²) in [5.74, 6) is -0.344. The Hall–Kier alpha value is -1.74. The van der Waals surface area contributed by atoms with Crippen LogP contribution in [0.3, 0.4) is 0 Å². The number of benzene rings is 1. The summed E-state index contributed by atoms with van der Waals surface area (Å²) in [4.78, 5) is 14.6. The molecule has 88 valence electrons. The lowest BCUT2D eigenvalue weighted by atomic mass is 10.0. The largest absolute Gasteiger partial charge is 0.462 e. The van der Waals surface area contributed by atoms with Crippen molar-refractivity contribution in [1.82, 2.24) is 4.98 Å². The summed E-state index contributed by atoms with van der Waals surface area (Å²) in [6.07, 6.45) is 3.37. The highest BCUT2D eigenvalue weighted by molar-refractivity contribution is 6.33. The van der Waals surface area contributed by atoms with Crippen molar-refractivity contribution in [1.29, 1.82) is 0 Å². The van der Waals surface area contributed by atoms with E-state index in [1.165, 1.54) is 0 Å². The maximum absolute atomic E-state index is 11.7. The zero-order valence-electron chi connectivity index (χ0n) is 9.37. The van der Waals surface area contributed by atoms with Gasteiger partial charge < -0.3 is 9.72 Å². The minimum atomic E-state index is -0.344. The van der Waals surface area contributed by atoms with Gasteiger partial charge in [0.15, 0.2) is 0 Å². The van der Waals surface area contributed by atoms with Crippen LogP contribution in [0.1, 0.15) is 17.3 Å². The van der Waals surface area contributed by atoms with E-state index in [0.29, 0.717) is 17.2 Å². The van der Waals surface area contributed by atoms with Gasteiger partial charge in [0.05, 0.1) is 12.2 Å². The quantitative estimate of drug-likeness (QED) is 0.846. The third-order valence-corrected chi connectivity index (χ3v) is 2.73. The maximum atomic E-state index is 11.7. The van der Waals surface area contributed by atoms with Crippen molar-refractivity contribution in [2.75, 3.05) is 6.61 Å². The number of hydrogen-bond acceptors (Lipinski definition) is 2. The van der Waals surface area contributed by atoms with Crippen LogP contribution in [0.5, 0.6) is 0 Å². The fourth-order valence-corrected chi connectivity index (χ4v) is 1.88. The maximum Gasteiger partial charge on any atom is 0.340 e. The lowest BCUT2D eigenvalue weighted by Gasteiger charge is -2.05. The van der Waals surface area contributed by atoms with Gasteiger partial charge in [0.1, 0.15) is 0 Å². The van der Waals surface area contributed by atoms with Crippen LogP contribution >= 0.6 is 11.6 Å². The Kier molecular flexibility index (Phi) is 3.49. The summed E-state index contributed by atoms with van der Waals surface area (Å²) in [7, 11) is 0. The molecule has 0 saturated heterocycles. The standard InChI is InChI=1S/C13H12ClNO2/c1-2-17-13(16)11-8-15-7-10(11)9-5-3-4-6-12(9)14/h3-8,15H,2H2,1H3. The summed E-state index contributed by atoms with van der Waals surface area (Å²) in [5.41, 5.74) is 2.08. The minimum Gasteiger partial charge on any atom is -0.462 e. The Morgan fingerprint density at radius 3 is 2.76 bits per heavy atom. The molecule has 0 aliphatic rings. The molecule has 0 aliphatic carbocycles. The molecule has 0 radical (unpaired) electrons. The van der Waals surface area contributed by atoms with Gasteiger partial charge >= 0.3 is 5.97 Å². The van der Waals surface area contributed by atoms with Crippen LogP contribution in [0.15, 0.2) is 36.7 Å². The molecule has 0 saturated carbocycles. The van der Waals surface area contributed by atoms with Gasteiger partial charge in [-0.15, -0.1) is 0 Å². The Morgan fingerprint density at radius 2 is 2.06 bits per heavy atom. The van der Waals surface area contributed by atoms with E-state index in [1.54, 1.807) is 25.4 Å². The molecule has 2 rings (SSSR count). The highest BCUT2D eigenvalue weighted by Gasteiger charge is 2.16. The van der Waals surface area contributed by atoms with Crippen molar-refractivity contribution in [3.8, 4) is 11.1 Å². The van der Waals surface area contributed by atoms with E-state index in [-0.39, 0.29) is 5.97 Å². The summed E-state index contributed by atoms with van der Waals surface area (Å²) >= 11 is 6.10. The van der Waals surface area contributed by atoms with E-state index >= 15 is 0 Å². The number of carbonyl (C=O) groups excluding carboxylic acids is 1. The van der Waals surface area contributed by atoms with Gasteiger partial charge in [-0.3, -0.25) is 0 Å². The predicted octanol–water partition coefficient (Wildman–Crippen LogP) is 3.51. The predicted molar refractivity (Wildman–Crippen MR) is 67.2 cm³/mol. The molecule has 0 amide bonds. The summed E-state index contributed by atoms with van der Waals surface area (Å²) in [6.45, 7) is 2.13. The number of H-pyrrole nitrogens is 1. The average Bonchev–Trinajstić information content (AvgIpc) is 2.79. The first-order chi connectivity index (χ1) is 8.24. The van der Waals surface area contributed by atoms with E-state index in [0.717, 1.165) is 11.1 Å². The Bertz CT molecular complexity index is 534. The van der Waals surface area contributed by atoms with Crippen LogP contribution in [0.2, 0.25) is 5.02 Å². The van der Waals surface area contributed by atoms with Crippen LogP contribution in [0.25, 0.3) is 11.1 Å². The zero-order valence-corrected chi connectivity index (χ0v) is 10.1. The van der Waals surface area contributed by atoms with Gasteiger partial charge in [-0.05, 0) is 13.0 Å². The number of esters is 1. The third kappa shape index (κ3) is 2.34. The van der Waals surface area contributed by atoms with Gasteiger partial charge in [0.2, 0.25) is 0 Å². The molecule has 2 aromatic rings. The SMILES string of the molecule is CCOC(=O)c1c[nH]cc1-c1ccccc1Cl. The molecule has 0 spiro atoms. The molecule has 0 unspecified atom stereocenters. The fraction of sp³-hybridized carbons (Fsp3) is 0.154. The second kappa shape index (κ2) is 5.06. The number of hydrogen-bond donors (Lipinski definition) is 1. The van der Waals surface area contributed by atoms with Crippen molar-refractivity contribution in [3.05, 3.63) is 47.2 Å². The number of rotatable bonds is 3. The Morgan fingerprint density at radius 1 is 1.29 bits per heavy atom. The van der Waals surface area contributed by atoms with Crippen LogP contribution in [0.4, 0.5) is 0 Å². The molecule has 17 heavy (non-hydrogen) atoms. The van der Waals surface area contributed by atoms with E-state index in [1.807, 2.05) is 18.2 Å². The Labute approximate surface area is 104 Å². The van der Waals surface area contributed by atoms with Gasteiger partial charge in [-0.1, -0.05) is 29.8 Å². The van der Waals surface area contributed by atoms with Crippen LogP contribution < -0.4 is 0 Å². The van der Waals surface area contributed by atoms with Crippen LogP contribution in [-0.2, 0) is 4.74 Å².